The maximum Gasteiger partial charge on any atom is 0.391 e. The first kappa shape index (κ1) is 16.3. The molecule has 0 fully saturated rings. The van der Waals surface area contributed by atoms with Crippen LogP contribution in [-0.2, 0) is 4.74 Å². The topological polar surface area (TPSA) is 26.3 Å². The number of hydrogen-bond acceptors (Lipinski definition) is 2. The summed E-state index contributed by atoms with van der Waals surface area (Å²) in [5.74, 6) is -0.483. The van der Waals surface area contributed by atoms with Crippen LogP contribution in [0.3, 0.4) is 0 Å². The van der Waals surface area contributed by atoms with Crippen molar-refractivity contribution in [3.8, 4) is 0 Å². The van der Waals surface area contributed by atoms with Gasteiger partial charge in [0, 0.05) is 10.6 Å². The van der Waals surface area contributed by atoms with Gasteiger partial charge < -0.3 is 4.74 Å². The molecular weight excluding hydrogens is 304 g/mol. The Morgan fingerprint density at radius 3 is 2.53 bits per heavy atom. The standard InChI is InChI=1S/C12H11Cl2F3O2/c1-7(19-5-4-12(15,16)17)11(18)9-3-2-8(13)6-10(9)14/h2-3,6-7H,4-5H2,1H3. The van der Waals surface area contributed by atoms with Crippen molar-refractivity contribution in [2.45, 2.75) is 25.6 Å². The van der Waals surface area contributed by atoms with Crippen LogP contribution in [0, 0.1) is 0 Å². The van der Waals surface area contributed by atoms with E-state index in [4.69, 9.17) is 27.9 Å². The van der Waals surface area contributed by atoms with Gasteiger partial charge in [0.25, 0.3) is 0 Å². The number of carbonyl (C=O) groups is 1. The lowest BCUT2D eigenvalue weighted by Crippen LogP contribution is -2.23. The fourth-order valence-electron chi connectivity index (χ4n) is 1.34. The lowest BCUT2D eigenvalue weighted by Gasteiger charge is -2.14. The van der Waals surface area contributed by atoms with Gasteiger partial charge in [-0.15, -0.1) is 0 Å². The van der Waals surface area contributed by atoms with E-state index < -0.39 is 31.1 Å². The molecule has 1 atom stereocenters. The molecule has 1 aromatic rings. The monoisotopic (exact) mass is 314 g/mol. The van der Waals surface area contributed by atoms with Crippen LogP contribution in [0.1, 0.15) is 23.7 Å². The summed E-state index contributed by atoms with van der Waals surface area (Å²) in [6, 6.07) is 4.28. The summed E-state index contributed by atoms with van der Waals surface area (Å²) in [7, 11) is 0. The van der Waals surface area contributed by atoms with Crippen molar-refractivity contribution in [3.63, 3.8) is 0 Å². The molecule has 1 unspecified atom stereocenters. The molecular formula is C12H11Cl2F3O2. The highest BCUT2D eigenvalue weighted by Crippen LogP contribution is 2.23. The summed E-state index contributed by atoms with van der Waals surface area (Å²) >= 11 is 11.5. The zero-order valence-corrected chi connectivity index (χ0v) is 11.4. The summed E-state index contributed by atoms with van der Waals surface area (Å²) in [6.45, 7) is 0.811. The fraction of sp³-hybridized carbons (Fsp3) is 0.417. The Hall–Kier alpha value is -0.780. The number of carbonyl (C=O) groups excluding carboxylic acids is 1. The molecule has 0 bridgehead atoms. The Balaban J connectivity index is 2.62. The highest BCUT2D eigenvalue weighted by atomic mass is 35.5. The Kier molecular flexibility index (Phi) is 5.64. The third-order valence-corrected chi connectivity index (χ3v) is 2.87. The Morgan fingerprint density at radius 2 is 2.00 bits per heavy atom. The average molecular weight is 315 g/mol. The van der Waals surface area contributed by atoms with Crippen LogP contribution >= 0.6 is 23.2 Å². The average Bonchev–Trinajstić information content (AvgIpc) is 2.26. The van der Waals surface area contributed by atoms with Gasteiger partial charge in [0.05, 0.1) is 18.1 Å². The van der Waals surface area contributed by atoms with Gasteiger partial charge >= 0.3 is 6.18 Å². The second-order valence-electron chi connectivity index (χ2n) is 3.87. The highest BCUT2D eigenvalue weighted by molar-refractivity contribution is 6.37. The molecule has 1 aromatic carbocycles. The molecule has 106 valence electrons. The van der Waals surface area contributed by atoms with Crippen molar-refractivity contribution in [2.75, 3.05) is 6.61 Å². The number of rotatable bonds is 5. The van der Waals surface area contributed by atoms with E-state index in [2.05, 4.69) is 0 Å². The normalized spacial score (nSPS) is 13.4. The smallest absolute Gasteiger partial charge is 0.370 e. The molecule has 19 heavy (non-hydrogen) atoms. The number of halogens is 5. The Morgan fingerprint density at radius 1 is 1.37 bits per heavy atom. The molecule has 0 spiro atoms. The number of alkyl halides is 3. The first-order chi connectivity index (χ1) is 8.70. The summed E-state index contributed by atoms with van der Waals surface area (Å²) in [5.41, 5.74) is 0.172. The number of benzene rings is 1. The summed E-state index contributed by atoms with van der Waals surface area (Å²) in [4.78, 5) is 11.9. The molecule has 7 heteroatoms. The van der Waals surface area contributed by atoms with E-state index >= 15 is 0 Å². The molecule has 0 radical (unpaired) electrons. The van der Waals surface area contributed by atoms with E-state index in [1.54, 1.807) is 0 Å². The van der Waals surface area contributed by atoms with Crippen LogP contribution in [0.4, 0.5) is 13.2 Å². The van der Waals surface area contributed by atoms with Crippen LogP contribution in [0.2, 0.25) is 10.0 Å². The van der Waals surface area contributed by atoms with Crippen molar-refractivity contribution >= 4 is 29.0 Å². The van der Waals surface area contributed by atoms with Gasteiger partial charge in [-0.05, 0) is 25.1 Å². The zero-order valence-electron chi connectivity index (χ0n) is 9.93. The summed E-state index contributed by atoms with van der Waals surface area (Å²) < 4.78 is 40.7. The van der Waals surface area contributed by atoms with Crippen molar-refractivity contribution in [1.29, 1.82) is 0 Å². The minimum absolute atomic E-state index is 0.142. The first-order valence-electron chi connectivity index (χ1n) is 5.38. The van der Waals surface area contributed by atoms with Gasteiger partial charge in [0.2, 0.25) is 0 Å². The SMILES string of the molecule is CC(OCCC(F)(F)F)C(=O)c1ccc(Cl)cc1Cl. The first-order valence-corrected chi connectivity index (χ1v) is 6.14. The number of ketones is 1. The minimum atomic E-state index is -4.30. The lowest BCUT2D eigenvalue weighted by atomic mass is 10.1. The predicted molar refractivity (Wildman–Crippen MR) is 66.9 cm³/mol. The van der Waals surface area contributed by atoms with Crippen molar-refractivity contribution in [3.05, 3.63) is 33.8 Å². The van der Waals surface area contributed by atoms with Gasteiger partial charge in [-0.25, -0.2) is 0 Å². The number of Topliss-reactive ketones (excluding diaryl/α,β-unsaturated/α-hetero) is 1. The van der Waals surface area contributed by atoms with Crippen LogP contribution < -0.4 is 0 Å². The largest absolute Gasteiger partial charge is 0.391 e. The third kappa shape index (κ3) is 5.38. The fourth-order valence-corrected chi connectivity index (χ4v) is 1.84. The second kappa shape index (κ2) is 6.59. The molecule has 2 nitrogen and oxygen atoms in total. The summed E-state index contributed by atoms with van der Waals surface area (Å²) in [6.07, 6.45) is -6.40. The van der Waals surface area contributed by atoms with Gasteiger partial charge in [-0.2, -0.15) is 13.2 Å². The molecule has 1 rings (SSSR count). The van der Waals surface area contributed by atoms with Gasteiger partial charge in [-0.3, -0.25) is 4.79 Å². The summed E-state index contributed by atoms with van der Waals surface area (Å²) in [5, 5.41) is 0.510. The van der Waals surface area contributed by atoms with Crippen LogP contribution in [-0.4, -0.2) is 24.7 Å². The van der Waals surface area contributed by atoms with Crippen LogP contribution in [0.15, 0.2) is 18.2 Å². The molecule has 0 aromatic heterocycles. The Labute approximate surface area is 118 Å². The quantitative estimate of drug-likeness (QED) is 0.746. The van der Waals surface area contributed by atoms with Gasteiger partial charge in [-0.1, -0.05) is 23.2 Å². The highest BCUT2D eigenvalue weighted by Gasteiger charge is 2.28. The molecule has 0 aliphatic rings. The van der Waals surface area contributed by atoms with Crippen LogP contribution in [0.25, 0.3) is 0 Å². The molecule has 0 saturated heterocycles. The maximum absolute atomic E-state index is 11.9. The van der Waals surface area contributed by atoms with E-state index in [0.717, 1.165) is 0 Å². The van der Waals surface area contributed by atoms with Gasteiger partial charge in [0.1, 0.15) is 6.10 Å². The molecule has 0 aliphatic heterocycles. The molecule has 0 saturated carbocycles. The van der Waals surface area contributed by atoms with E-state index in [9.17, 15) is 18.0 Å². The number of hydrogen-bond donors (Lipinski definition) is 0. The Bertz CT molecular complexity index is 461. The van der Waals surface area contributed by atoms with Crippen molar-refractivity contribution < 1.29 is 22.7 Å². The lowest BCUT2D eigenvalue weighted by molar-refractivity contribution is -0.146. The number of ether oxygens (including phenoxy) is 1. The van der Waals surface area contributed by atoms with E-state index in [1.807, 2.05) is 0 Å². The van der Waals surface area contributed by atoms with Gasteiger partial charge in [0.15, 0.2) is 5.78 Å². The molecule has 0 heterocycles. The van der Waals surface area contributed by atoms with E-state index in [1.165, 1.54) is 25.1 Å². The third-order valence-electron chi connectivity index (χ3n) is 2.32. The van der Waals surface area contributed by atoms with Crippen molar-refractivity contribution in [1.82, 2.24) is 0 Å². The van der Waals surface area contributed by atoms with Crippen molar-refractivity contribution in [2.24, 2.45) is 0 Å². The van der Waals surface area contributed by atoms with E-state index in [0.29, 0.717) is 5.02 Å². The zero-order chi connectivity index (χ0) is 14.6. The molecule has 0 N–H and O–H groups in total. The molecule has 0 aliphatic carbocycles. The second-order valence-corrected chi connectivity index (χ2v) is 4.71. The predicted octanol–water partition coefficient (Wildman–Crippen LogP) is 4.53. The van der Waals surface area contributed by atoms with E-state index in [-0.39, 0.29) is 10.6 Å². The van der Waals surface area contributed by atoms with Crippen LogP contribution in [0.5, 0.6) is 0 Å². The maximum atomic E-state index is 11.9. The minimum Gasteiger partial charge on any atom is -0.370 e. The molecule has 0 amide bonds.